The van der Waals surface area contributed by atoms with Crippen molar-refractivity contribution in [1.29, 1.82) is 0 Å². The smallest absolute Gasteiger partial charge is 0.351 e. The minimum atomic E-state index is -2.31. The van der Waals surface area contributed by atoms with Crippen LogP contribution in [0.2, 0.25) is 0 Å². The van der Waals surface area contributed by atoms with Crippen LogP contribution in [0.1, 0.15) is 19.1 Å². The van der Waals surface area contributed by atoms with Crippen molar-refractivity contribution in [2.75, 3.05) is 26.1 Å². The third-order valence-corrected chi connectivity index (χ3v) is 4.58. The summed E-state index contributed by atoms with van der Waals surface area (Å²) in [5, 5.41) is 25.1. The van der Waals surface area contributed by atoms with Gasteiger partial charge in [0.15, 0.2) is 12.4 Å². The molecule has 2 heterocycles. The molecule has 1 saturated heterocycles. The van der Waals surface area contributed by atoms with Gasteiger partial charge in [-0.3, -0.25) is 9.36 Å². The lowest BCUT2D eigenvalue weighted by Crippen LogP contribution is -2.43. The van der Waals surface area contributed by atoms with E-state index in [2.05, 4.69) is 29.8 Å². The Hall–Kier alpha value is -3.26. The molecule has 0 bridgehead atoms. The van der Waals surface area contributed by atoms with Crippen molar-refractivity contribution >= 4 is 17.8 Å². The largest absolute Gasteiger partial charge is 0.469 e. The Kier molecular flexibility index (Phi) is 7.88. The highest BCUT2D eigenvalue weighted by Gasteiger charge is 2.56. The second-order valence-corrected chi connectivity index (χ2v) is 6.43. The molecule has 0 spiro atoms. The summed E-state index contributed by atoms with van der Waals surface area (Å²) < 4.78 is 29.6. The maximum absolute atomic E-state index is 14.5. The van der Waals surface area contributed by atoms with Crippen LogP contribution >= 0.6 is 0 Å². The molecule has 0 radical (unpaired) electrons. The molecule has 31 heavy (non-hydrogen) atoms. The second kappa shape index (κ2) is 10.2. The van der Waals surface area contributed by atoms with Gasteiger partial charge in [-0.2, -0.15) is 4.98 Å². The summed E-state index contributed by atoms with van der Waals surface area (Å²) in [5.74, 6) is -1.36. The minimum Gasteiger partial charge on any atom is -0.469 e. The van der Waals surface area contributed by atoms with Crippen molar-refractivity contribution in [1.82, 2.24) is 9.55 Å². The number of esters is 2. The van der Waals surface area contributed by atoms with E-state index >= 15 is 0 Å². The van der Waals surface area contributed by atoms with Gasteiger partial charge in [0.05, 0.1) is 20.8 Å². The highest BCUT2D eigenvalue weighted by Crippen LogP contribution is 2.39. The lowest BCUT2D eigenvalue weighted by Gasteiger charge is -2.23. The first-order valence-corrected chi connectivity index (χ1v) is 8.90. The summed E-state index contributed by atoms with van der Waals surface area (Å²) in [6, 6.07) is 0.182. The molecule has 1 fully saturated rings. The predicted molar refractivity (Wildman–Crippen MR) is 99.2 cm³/mol. The first-order chi connectivity index (χ1) is 14.7. The van der Waals surface area contributed by atoms with Crippen molar-refractivity contribution in [2.24, 2.45) is 5.11 Å². The lowest BCUT2D eigenvalue weighted by molar-refractivity contribution is -0.143. The van der Waals surface area contributed by atoms with Crippen LogP contribution in [0.4, 0.5) is 10.2 Å². The van der Waals surface area contributed by atoms with Crippen LogP contribution in [-0.4, -0.2) is 76.6 Å². The third-order valence-electron chi connectivity index (χ3n) is 4.58. The Balaban J connectivity index is 2.24. The van der Waals surface area contributed by atoms with Crippen LogP contribution in [-0.2, 0) is 23.8 Å². The number of carbonyl (C=O) groups excluding carboxylic acids is 2. The van der Waals surface area contributed by atoms with Gasteiger partial charge in [-0.15, -0.1) is 0 Å². The summed E-state index contributed by atoms with van der Waals surface area (Å²) in [7, 11) is 2.33. The monoisotopic (exact) mass is 444 g/mol. The molecule has 1 aromatic heterocycles. The number of aromatic nitrogens is 2. The average Bonchev–Trinajstić information content (AvgIpc) is 3.01. The Bertz CT molecular complexity index is 922. The molecule has 1 aliphatic rings. The standard InChI is InChI=1S/C16H21FN6O8/c1-29-10(25)4-3-8(14(27)30-2)19-9-5-6-23(15(28)20-9)13-11(17)12(26)16(7-24,31-13)21-22-18/h5-6,8,11-13,24,26H,3-4,7H2,1-2H3,(H,19,20,28)/t8-,11-,12?,13?,16+/m0/s1. The van der Waals surface area contributed by atoms with Crippen molar-refractivity contribution in [3.63, 3.8) is 0 Å². The van der Waals surface area contributed by atoms with Gasteiger partial charge >= 0.3 is 17.6 Å². The normalized spacial score (nSPS) is 25.9. The van der Waals surface area contributed by atoms with Crippen LogP contribution in [0, 0.1) is 0 Å². The van der Waals surface area contributed by atoms with Gasteiger partial charge in [0.1, 0.15) is 18.0 Å². The number of aliphatic hydroxyl groups excluding tert-OH is 2. The Morgan fingerprint density at radius 1 is 1.52 bits per heavy atom. The van der Waals surface area contributed by atoms with Gasteiger partial charge in [0.25, 0.3) is 0 Å². The molecule has 14 nitrogen and oxygen atoms in total. The van der Waals surface area contributed by atoms with Crippen molar-refractivity contribution in [3.8, 4) is 0 Å². The Labute approximate surface area is 174 Å². The van der Waals surface area contributed by atoms with Gasteiger partial charge in [0, 0.05) is 17.5 Å². The van der Waals surface area contributed by atoms with Gasteiger partial charge in [-0.25, -0.2) is 14.0 Å². The second-order valence-electron chi connectivity index (χ2n) is 6.43. The fourth-order valence-corrected chi connectivity index (χ4v) is 2.90. The highest BCUT2D eigenvalue weighted by molar-refractivity contribution is 5.80. The van der Waals surface area contributed by atoms with E-state index < -0.39 is 54.5 Å². The minimum absolute atomic E-state index is 0.0141. The molecule has 0 amide bonds. The van der Waals surface area contributed by atoms with Crippen LogP contribution < -0.4 is 11.0 Å². The van der Waals surface area contributed by atoms with Gasteiger partial charge in [0.2, 0.25) is 5.72 Å². The van der Waals surface area contributed by atoms with Gasteiger partial charge < -0.3 is 29.7 Å². The SMILES string of the molecule is COC(=O)CC[C@H](Nc1ccn(C2O[C@@](CO)(N=[N+]=[N-])C(O)[C@@H]2F)c(=O)n1)C(=O)OC. The number of carbonyl (C=O) groups is 2. The number of nitrogens with zero attached hydrogens (tertiary/aromatic N) is 5. The molecule has 1 aliphatic heterocycles. The van der Waals surface area contributed by atoms with E-state index in [0.717, 1.165) is 13.3 Å². The maximum atomic E-state index is 14.5. The number of rotatable bonds is 9. The molecule has 0 saturated carbocycles. The first-order valence-electron chi connectivity index (χ1n) is 8.90. The summed E-state index contributed by atoms with van der Waals surface area (Å²) in [4.78, 5) is 41.7. The van der Waals surface area contributed by atoms with E-state index in [1.54, 1.807) is 0 Å². The van der Waals surface area contributed by atoms with E-state index in [9.17, 15) is 29.0 Å². The molecule has 2 rings (SSSR count). The molecular weight excluding hydrogens is 423 g/mol. The summed E-state index contributed by atoms with van der Waals surface area (Å²) in [5.41, 5.74) is 5.26. The predicted octanol–water partition coefficient (Wildman–Crippen LogP) is -0.623. The van der Waals surface area contributed by atoms with Crippen LogP contribution in [0.5, 0.6) is 0 Å². The zero-order chi connectivity index (χ0) is 23.2. The van der Waals surface area contributed by atoms with Gasteiger partial charge in [-0.05, 0) is 18.0 Å². The van der Waals surface area contributed by atoms with E-state index in [-0.39, 0.29) is 18.7 Å². The van der Waals surface area contributed by atoms with Crippen LogP contribution in [0.25, 0.3) is 10.4 Å². The van der Waals surface area contributed by atoms with E-state index in [1.807, 2.05) is 0 Å². The fraction of sp³-hybridized carbons (Fsp3) is 0.625. The molecule has 15 heteroatoms. The molecule has 5 atom stereocenters. The fourth-order valence-electron chi connectivity index (χ4n) is 2.90. The maximum Gasteiger partial charge on any atom is 0.351 e. The molecule has 2 unspecified atom stereocenters. The number of aliphatic hydroxyl groups is 2. The molecule has 1 aromatic rings. The number of alkyl halides is 1. The van der Waals surface area contributed by atoms with E-state index in [0.29, 0.717) is 4.57 Å². The van der Waals surface area contributed by atoms with E-state index in [4.69, 9.17) is 10.3 Å². The highest BCUT2D eigenvalue weighted by atomic mass is 19.1. The number of hydrogen-bond acceptors (Lipinski definition) is 11. The van der Waals surface area contributed by atoms with Crippen molar-refractivity contribution in [2.45, 2.75) is 43.1 Å². The zero-order valence-electron chi connectivity index (χ0n) is 16.5. The first kappa shape index (κ1) is 24.0. The Morgan fingerprint density at radius 3 is 2.77 bits per heavy atom. The number of nitrogens with one attached hydrogen (secondary N) is 1. The third kappa shape index (κ3) is 5.08. The zero-order valence-corrected chi connectivity index (χ0v) is 16.5. The topological polar surface area (TPSA) is 198 Å². The number of halogens is 1. The quantitative estimate of drug-likeness (QED) is 0.191. The number of ether oxygens (including phenoxy) is 3. The molecule has 0 aliphatic carbocycles. The number of hydrogen-bond donors (Lipinski definition) is 3. The number of azide groups is 1. The molecule has 0 aromatic carbocycles. The van der Waals surface area contributed by atoms with Crippen LogP contribution in [0.15, 0.2) is 22.2 Å². The lowest BCUT2D eigenvalue weighted by atomic mass is 10.1. The molecular formula is C16H21FN6O8. The van der Waals surface area contributed by atoms with Gasteiger partial charge in [-0.1, -0.05) is 5.11 Å². The van der Waals surface area contributed by atoms with Crippen molar-refractivity contribution in [3.05, 3.63) is 33.2 Å². The molecule has 170 valence electrons. The van der Waals surface area contributed by atoms with Crippen LogP contribution in [0.3, 0.4) is 0 Å². The summed E-state index contributed by atoms with van der Waals surface area (Å²) >= 11 is 0. The number of anilines is 1. The van der Waals surface area contributed by atoms with Crippen molar-refractivity contribution < 1.29 is 38.4 Å². The molecule has 3 N–H and O–H groups in total. The van der Waals surface area contributed by atoms with E-state index in [1.165, 1.54) is 13.2 Å². The summed E-state index contributed by atoms with van der Waals surface area (Å²) in [6.45, 7) is -1.03. The average molecular weight is 444 g/mol. The number of methoxy groups -OCH3 is 2. The Morgan fingerprint density at radius 2 is 2.23 bits per heavy atom. The summed E-state index contributed by atoms with van der Waals surface area (Å²) in [6.07, 6.45) is -5.05.